The molecule has 1 aromatic carbocycles. The van der Waals surface area contributed by atoms with Crippen LogP contribution in [-0.4, -0.2) is 18.4 Å². The first-order valence-electron chi connectivity index (χ1n) is 5.37. The third-order valence-corrected chi connectivity index (χ3v) is 3.85. The highest BCUT2D eigenvalue weighted by Crippen LogP contribution is 2.19. The van der Waals surface area contributed by atoms with Gasteiger partial charge in [0.05, 0.1) is 10.6 Å². The Morgan fingerprint density at radius 2 is 2.00 bits per heavy atom. The average Bonchev–Trinajstić information content (AvgIpc) is 2.30. The number of anilines is 2. The van der Waals surface area contributed by atoms with Crippen LogP contribution in [0.3, 0.4) is 0 Å². The van der Waals surface area contributed by atoms with Gasteiger partial charge in [0.15, 0.2) is 0 Å². The summed E-state index contributed by atoms with van der Waals surface area (Å²) in [6, 6.07) is 4.55. The van der Waals surface area contributed by atoms with Gasteiger partial charge in [-0.05, 0) is 31.2 Å². The standard InChI is InChI=1S/C11H10ClFN4O2S/c1-6-4-10(12)16-11(15-6)17-20(18,19)7-2-3-8(13)9(14)5-7/h2-5H,14H2,1H3,(H,15,16,17). The molecule has 1 aromatic heterocycles. The lowest BCUT2D eigenvalue weighted by molar-refractivity contribution is 0.599. The minimum atomic E-state index is -3.97. The SMILES string of the molecule is Cc1cc(Cl)nc(NS(=O)(=O)c2ccc(F)c(N)c2)n1. The second-order valence-electron chi connectivity index (χ2n) is 3.94. The van der Waals surface area contributed by atoms with E-state index in [0.717, 1.165) is 18.2 Å². The van der Waals surface area contributed by atoms with Crippen LogP contribution in [-0.2, 0) is 10.0 Å². The van der Waals surface area contributed by atoms with E-state index in [4.69, 9.17) is 17.3 Å². The van der Waals surface area contributed by atoms with Crippen molar-refractivity contribution in [2.24, 2.45) is 0 Å². The number of nitrogens with two attached hydrogens (primary N) is 1. The van der Waals surface area contributed by atoms with E-state index in [1.807, 2.05) is 0 Å². The number of nitrogens with one attached hydrogen (secondary N) is 1. The molecule has 20 heavy (non-hydrogen) atoms. The smallest absolute Gasteiger partial charge is 0.264 e. The first-order chi connectivity index (χ1) is 9.28. The van der Waals surface area contributed by atoms with Gasteiger partial charge in [-0.1, -0.05) is 11.6 Å². The minimum Gasteiger partial charge on any atom is -0.396 e. The van der Waals surface area contributed by atoms with Crippen LogP contribution in [0, 0.1) is 12.7 Å². The Balaban J connectivity index is 2.37. The van der Waals surface area contributed by atoms with Crippen molar-refractivity contribution in [3.63, 3.8) is 0 Å². The van der Waals surface area contributed by atoms with Crippen LogP contribution in [0.4, 0.5) is 16.0 Å². The van der Waals surface area contributed by atoms with Crippen LogP contribution in [0.1, 0.15) is 5.69 Å². The molecular formula is C11H10ClFN4O2S. The Bertz CT molecular complexity index is 747. The molecule has 0 saturated heterocycles. The highest BCUT2D eigenvalue weighted by Gasteiger charge is 2.17. The highest BCUT2D eigenvalue weighted by molar-refractivity contribution is 7.92. The normalized spacial score (nSPS) is 11.3. The summed E-state index contributed by atoms with van der Waals surface area (Å²) in [6.45, 7) is 1.64. The molecule has 9 heteroatoms. The Morgan fingerprint density at radius 1 is 1.30 bits per heavy atom. The van der Waals surface area contributed by atoms with Gasteiger partial charge < -0.3 is 5.73 Å². The molecule has 3 N–H and O–H groups in total. The lowest BCUT2D eigenvalue weighted by atomic mass is 10.3. The molecule has 106 valence electrons. The van der Waals surface area contributed by atoms with Crippen molar-refractivity contribution < 1.29 is 12.8 Å². The van der Waals surface area contributed by atoms with Gasteiger partial charge in [-0.3, -0.25) is 0 Å². The van der Waals surface area contributed by atoms with Crippen molar-refractivity contribution in [3.05, 3.63) is 40.9 Å². The minimum absolute atomic E-state index is 0.105. The fourth-order valence-corrected chi connectivity index (χ4v) is 2.66. The van der Waals surface area contributed by atoms with E-state index in [1.54, 1.807) is 6.92 Å². The van der Waals surface area contributed by atoms with E-state index in [-0.39, 0.29) is 21.7 Å². The summed E-state index contributed by atoms with van der Waals surface area (Å²) >= 11 is 5.72. The number of halogens is 2. The molecule has 0 saturated carbocycles. The Hall–Kier alpha value is -1.93. The molecular weight excluding hydrogens is 307 g/mol. The first-order valence-corrected chi connectivity index (χ1v) is 7.23. The summed E-state index contributed by atoms with van der Waals surface area (Å²) in [4.78, 5) is 7.44. The maximum atomic E-state index is 13.0. The number of nitrogen functional groups attached to an aromatic ring is 1. The van der Waals surface area contributed by atoms with Crippen LogP contribution in [0.15, 0.2) is 29.2 Å². The molecule has 0 amide bonds. The summed E-state index contributed by atoms with van der Waals surface area (Å²) < 4.78 is 39.3. The first kappa shape index (κ1) is 14.5. The molecule has 0 bridgehead atoms. The monoisotopic (exact) mass is 316 g/mol. The van der Waals surface area contributed by atoms with Gasteiger partial charge in [0.2, 0.25) is 5.95 Å². The molecule has 0 spiro atoms. The number of nitrogens with zero attached hydrogens (tertiary/aromatic N) is 2. The van der Waals surface area contributed by atoms with E-state index in [9.17, 15) is 12.8 Å². The number of hydrogen-bond acceptors (Lipinski definition) is 5. The van der Waals surface area contributed by atoms with E-state index in [1.165, 1.54) is 6.07 Å². The number of hydrogen-bond donors (Lipinski definition) is 2. The van der Waals surface area contributed by atoms with Crippen LogP contribution >= 0.6 is 11.6 Å². The number of aryl methyl sites for hydroxylation is 1. The van der Waals surface area contributed by atoms with Crippen LogP contribution in [0.5, 0.6) is 0 Å². The third kappa shape index (κ3) is 3.14. The maximum absolute atomic E-state index is 13.0. The molecule has 0 aliphatic rings. The van der Waals surface area contributed by atoms with E-state index in [0.29, 0.717) is 5.69 Å². The molecule has 2 rings (SSSR count). The Labute approximate surface area is 119 Å². The van der Waals surface area contributed by atoms with Crippen LogP contribution in [0.25, 0.3) is 0 Å². The Morgan fingerprint density at radius 3 is 2.60 bits per heavy atom. The highest BCUT2D eigenvalue weighted by atomic mass is 35.5. The number of rotatable bonds is 3. The molecule has 0 atom stereocenters. The van der Waals surface area contributed by atoms with Gasteiger partial charge in [-0.15, -0.1) is 0 Å². The molecule has 0 fully saturated rings. The van der Waals surface area contributed by atoms with Crippen LogP contribution < -0.4 is 10.5 Å². The largest absolute Gasteiger partial charge is 0.396 e. The van der Waals surface area contributed by atoms with Gasteiger partial charge in [-0.2, -0.15) is 0 Å². The van der Waals surface area contributed by atoms with Gasteiger partial charge in [0.1, 0.15) is 11.0 Å². The molecule has 0 unspecified atom stereocenters. The topological polar surface area (TPSA) is 98.0 Å². The third-order valence-electron chi connectivity index (χ3n) is 2.33. The van der Waals surface area contributed by atoms with Gasteiger partial charge in [0, 0.05) is 5.69 Å². The van der Waals surface area contributed by atoms with E-state index in [2.05, 4.69) is 14.7 Å². The van der Waals surface area contributed by atoms with E-state index >= 15 is 0 Å². The molecule has 0 radical (unpaired) electrons. The molecule has 6 nitrogen and oxygen atoms in total. The predicted molar refractivity (Wildman–Crippen MR) is 73.4 cm³/mol. The molecule has 1 heterocycles. The van der Waals surface area contributed by atoms with Crippen molar-refractivity contribution in [1.29, 1.82) is 0 Å². The summed E-state index contributed by atoms with van der Waals surface area (Å²) in [5.74, 6) is -0.864. The lowest BCUT2D eigenvalue weighted by Gasteiger charge is -2.08. The lowest BCUT2D eigenvalue weighted by Crippen LogP contribution is -2.16. The van der Waals surface area contributed by atoms with Crippen molar-refractivity contribution in [2.45, 2.75) is 11.8 Å². The second-order valence-corrected chi connectivity index (χ2v) is 6.01. The van der Waals surface area contributed by atoms with Gasteiger partial charge >= 0.3 is 0 Å². The maximum Gasteiger partial charge on any atom is 0.264 e. The fourth-order valence-electron chi connectivity index (χ4n) is 1.44. The summed E-state index contributed by atoms with van der Waals surface area (Å²) in [7, 11) is -3.97. The zero-order chi connectivity index (χ0) is 14.9. The summed E-state index contributed by atoms with van der Waals surface area (Å²) in [6.07, 6.45) is 0. The zero-order valence-corrected chi connectivity index (χ0v) is 11.8. The van der Waals surface area contributed by atoms with Gasteiger partial charge in [0.25, 0.3) is 10.0 Å². The van der Waals surface area contributed by atoms with E-state index < -0.39 is 15.8 Å². The average molecular weight is 317 g/mol. The number of aromatic nitrogens is 2. The molecule has 2 aromatic rings. The molecule has 0 aliphatic heterocycles. The number of sulfonamides is 1. The molecule has 0 aliphatic carbocycles. The van der Waals surface area contributed by atoms with Crippen molar-refractivity contribution in [1.82, 2.24) is 9.97 Å². The van der Waals surface area contributed by atoms with Crippen LogP contribution in [0.2, 0.25) is 5.15 Å². The van der Waals surface area contributed by atoms with Crippen molar-refractivity contribution >= 4 is 33.3 Å². The second kappa shape index (κ2) is 5.22. The predicted octanol–water partition coefficient (Wildman–Crippen LogP) is 1.96. The number of benzene rings is 1. The zero-order valence-electron chi connectivity index (χ0n) is 10.3. The van der Waals surface area contributed by atoms with Crippen molar-refractivity contribution in [2.75, 3.05) is 10.5 Å². The van der Waals surface area contributed by atoms with Gasteiger partial charge in [-0.25, -0.2) is 27.5 Å². The summed E-state index contributed by atoms with van der Waals surface area (Å²) in [5, 5.41) is 0.105. The quantitative estimate of drug-likeness (QED) is 0.666. The summed E-state index contributed by atoms with van der Waals surface area (Å²) in [5.41, 5.74) is 5.57. The van der Waals surface area contributed by atoms with Crippen molar-refractivity contribution in [3.8, 4) is 0 Å². The fraction of sp³-hybridized carbons (Fsp3) is 0.0909. The Kier molecular flexibility index (Phi) is 3.78.